The van der Waals surface area contributed by atoms with Crippen molar-refractivity contribution in [3.8, 4) is 0 Å². The Morgan fingerprint density at radius 3 is 0.899 bits per heavy atom. The fraction of sp³-hybridized carbons (Fsp3) is 0.945. The molecule has 2 unspecified atom stereocenters. The molecule has 0 aliphatic carbocycles. The zero-order valence-corrected chi connectivity index (χ0v) is 53.9. The molecule has 2 atom stereocenters. The Bertz CT molecular complexity index is 1190. The smallest absolute Gasteiger partial charge is 0.305 e. The van der Waals surface area contributed by atoms with Gasteiger partial charge in [-0.2, -0.15) is 0 Å². The number of hydrogen-bond acceptors (Lipinski definition) is 5. The lowest BCUT2D eigenvalue weighted by molar-refractivity contribution is -0.143. The molecule has 0 aromatic heterocycles. The van der Waals surface area contributed by atoms with Gasteiger partial charge in [-0.1, -0.05) is 366 Å². The first-order valence-electron chi connectivity index (χ1n) is 36.4. The van der Waals surface area contributed by atoms with Crippen LogP contribution in [0.3, 0.4) is 0 Å². The second-order valence-corrected chi connectivity index (χ2v) is 25.3. The van der Waals surface area contributed by atoms with Crippen molar-refractivity contribution in [1.29, 1.82) is 0 Å². The van der Waals surface area contributed by atoms with Crippen LogP contribution >= 0.6 is 0 Å². The van der Waals surface area contributed by atoms with Crippen molar-refractivity contribution in [2.75, 3.05) is 13.2 Å². The second kappa shape index (κ2) is 69.1. The molecule has 79 heavy (non-hydrogen) atoms. The highest BCUT2D eigenvalue weighted by atomic mass is 16.5. The molecule has 0 bridgehead atoms. The third kappa shape index (κ3) is 65.6. The Labute approximate surface area is 495 Å². The molecule has 6 heteroatoms. The van der Waals surface area contributed by atoms with E-state index in [0.717, 1.165) is 38.5 Å². The average molecular weight is 1110 g/mol. The molecule has 0 saturated carbocycles. The van der Waals surface area contributed by atoms with E-state index in [1.54, 1.807) is 0 Å². The fourth-order valence-corrected chi connectivity index (χ4v) is 11.8. The number of hydrogen-bond donors (Lipinski definition) is 3. The van der Waals surface area contributed by atoms with Gasteiger partial charge in [0.1, 0.15) is 0 Å². The summed E-state index contributed by atoms with van der Waals surface area (Å²) in [4.78, 5) is 24.6. The van der Waals surface area contributed by atoms with E-state index in [2.05, 4.69) is 31.3 Å². The van der Waals surface area contributed by atoms with Crippen molar-refractivity contribution in [2.24, 2.45) is 0 Å². The van der Waals surface area contributed by atoms with Gasteiger partial charge >= 0.3 is 5.97 Å². The lowest BCUT2D eigenvalue weighted by Gasteiger charge is -2.22. The Kier molecular flexibility index (Phi) is 67.9. The molecular weight excluding hydrogens is 971 g/mol. The number of amides is 1. The van der Waals surface area contributed by atoms with Gasteiger partial charge in [0.2, 0.25) is 5.91 Å². The predicted octanol–water partition coefficient (Wildman–Crippen LogP) is 23.5. The topological polar surface area (TPSA) is 95.9 Å². The summed E-state index contributed by atoms with van der Waals surface area (Å²) < 4.78 is 5.49. The molecule has 3 N–H and O–H groups in total. The molecule has 0 rings (SSSR count). The Morgan fingerprint density at radius 1 is 0.342 bits per heavy atom. The summed E-state index contributed by atoms with van der Waals surface area (Å²) >= 11 is 0. The number of rotatable bonds is 69. The summed E-state index contributed by atoms with van der Waals surface area (Å²) in [5.74, 6) is -0.00744. The first kappa shape index (κ1) is 77.6. The van der Waals surface area contributed by atoms with E-state index in [9.17, 15) is 19.8 Å². The predicted molar refractivity (Wildman–Crippen MR) is 347 cm³/mol. The Balaban J connectivity index is 3.34. The molecule has 0 spiro atoms. The summed E-state index contributed by atoms with van der Waals surface area (Å²) in [6.45, 7) is 5.00. The summed E-state index contributed by atoms with van der Waals surface area (Å²) in [5.41, 5.74) is 0. The van der Waals surface area contributed by atoms with E-state index in [1.807, 2.05) is 0 Å². The first-order valence-corrected chi connectivity index (χ1v) is 36.4. The van der Waals surface area contributed by atoms with Crippen molar-refractivity contribution in [3.05, 3.63) is 12.2 Å². The van der Waals surface area contributed by atoms with E-state index in [4.69, 9.17) is 4.74 Å². The number of nitrogens with one attached hydrogen (secondary N) is 1. The number of carbonyl (C=O) groups is 2. The number of esters is 1. The van der Waals surface area contributed by atoms with Crippen LogP contribution in [-0.4, -0.2) is 47.4 Å². The lowest BCUT2D eigenvalue weighted by Crippen LogP contribution is -2.45. The highest BCUT2D eigenvalue weighted by Crippen LogP contribution is 2.19. The maximum Gasteiger partial charge on any atom is 0.305 e. The van der Waals surface area contributed by atoms with Gasteiger partial charge < -0.3 is 20.3 Å². The summed E-state index contributed by atoms with van der Waals surface area (Å²) in [5, 5.41) is 23.4. The van der Waals surface area contributed by atoms with Crippen molar-refractivity contribution in [2.45, 2.75) is 431 Å². The number of unbranched alkanes of at least 4 members (excludes halogenated alkanes) is 56. The Morgan fingerprint density at radius 2 is 0.595 bits per heavy atom. The van der Waals surface area contributed by atoms with E-state index >= 15 is 0 Å². The zero-order chi connectivity index (χ0) is 57.1. The molecule has 0 radical (unpaired) electrons. The molecule has 0 aromatic carbocycles. The quantitative estimate of drug-likeness (QED) is 0.0320. The van der Waals surface area contributed by atoms with Gasteiger partial charge in [0.05, 0.1) is 25.4 Å². The van der Waals surface area contributed by atoms with Crippen molar-refractivity contribution in [1.82, 2.24) is 5.32 Å². The molecule has 0 aliphatic rings. The van der Waals surface area contributed by atoms with Gasteiger partial charge in [0.25, 0.3) is 0 Å². The molecule has 0 fully saturated rings. The van der Waals surface area contributed by atoms with Crippen molar-refractivity contribution < 1.29 is 24.5 Å². The molecule has 0 saturated heterocycles. The van der Waals surface area contributed by atoms with Gasteiger partial charge in [-0.3, -0.25) is 9.59 Å². The van der Waals surface area contributed by atoms with Gasteiger partial charge in [-0.25, -0.2) is 0 Å². The van der Waals surface area contributed by atoms with Crippen LogP contribution in [-0.2, 0) is 14.3 Å². The average Bonchev–Trinajstić information content (AvgIpc) is 3.45. The molecule has 6 nitrogen and oxygen atoms in total. The second-order valence-electron chi connectivity index (χ2n) is 25.3. The first-order chi connectivity index (χ1) is 39.0. The van der Waals surface area contributed by atoms with Crippen LogP contribution in [0.4, 0.5) is 0 Å². The Hall–Kier alpha value is -1.40. The van der Waals surface area contributed by atoms with Crippen molar-refractivity contribution in [3.63, 3.8) is 0 Å². The number of aliphatic hydroxyl groups is 2. The molecule has 0 aromatic rings. The highest BCUT2D eigenvalue weighted by Gasteiger charge is 2.20. The minimum absolute atomic E-state index is 0.0207. The summed E-state index contributed by atoms with van der Waals surface area (Å²) in [7, 11) is 0. The molecule has 1 amide bonds. The third-order valence-corrected chi connectivity index (χ3v) is 17.3. The summed E-state index contributed by atoms with van der Waals surface area (Å²) in [6.07, 6.45) is 85.6. The minimum atomic E-state index is -0.662. The van der Waals surface area contributed by atoms with Crippen LogP contribution in [0.2, 0.25) is 0 Å². The lowest BCUT2D eigenvalue weighted by atomic mass is 10.0. The monoisotopic (exact) mass is 1110 g/mol. The van der Waals surface area contributed by atoms with Crippen LogP contribution in [0.15, 0.2) is 12.2 Å². The van der Waals surface area contributed by atoms with Gasteiger partial charge in [0, 0.05) is 12.8 Å². The minimum Gasteiger partial charge on any atom is -0.466 e. The number of carbonyl (C=O) groups excluding carboxylic acids is 2. The van der Waals surface area contributed by atoms with E-state index in [-0.39, 0.29) is 18.5 Å². The molecule has 0 heterocycles. The third-order valence-electron chi connectivity index (χ3n) is 17.3. The van der Waals surface area contributed by atoms with Gasteiger partial charge in [-0.05, 0) is 51.4 Å². The van der Waals surface area contributed by atoms with Crippen LogP contribution in [0.25, 0.3) is 0 Å². The number of ether oxygens (including phenoxy) is 1. The maximum absolute atomic E-state index is 12.5. The molecule has 470 valence electrons. The largest absolute Gasteiger partial charge is 0.466 e. The SMILES string of the molecule is CCCCCCCCCCCCCCCCCCCC(O)C(CO)NC(=O)CCCCCCCCCCCCCCCCCC/C=C\CCCCCCCCCCCCCCOC(=O)CCCCCCCCCCCCCCC. The van der Waals surface area contributed by atoms with E-state index < -0.39 is 12.1 Å². The zero-order valence-electron chi connectivity index (χ0n) is 53.9. The maximum atomic E-state index is 12.5. The van der Waals surface area contributed by atoms with Gasteiger partial charge in [-0.15, -0.1) is 0 Å². The van der Waals surface area contributed by atoms with E-state index in [0.29, 0.717) is 25.9 Å². The number of allylic oxidation sites excluding steroid dienone is 2. The number of aliphatic hydroxyl groups excluding tert-OH is 2. The normalized spacial score (nSPS) is 12.5. The van der Waals surface area contributed by atoms with Crippen LogP contribution in [0.1, 0.15) is 418 Å². The van der Waals surface area contributed by atoms with Crippen molar-refractivity contribution >= 4 is 11.9 Å². The summed E-state index contributed by atoms with van der Waals surface area (Å²) in [6, 6.07) is -0.539. The molecular formula is C73H143NO5. The van der Waals surface area contributed by atoms with Crippen LogP contribution < -0.4 is 5.32 Å². The van der Waals surface area contributed by atoms with E-state index in [1.165, 1.54) is 347 Å². The fourth-order valence-electron chi connectivity index (χ4n) is 11.8. The molecule has 0 aliphatic heterocycles. The van der Waals surface area contributed by atoms with Crippen LogP contribution in [0.5, 0.6) is 0 Å². The van der Waals surface area contributed by atoms with Crippen LogP contribution in [0, 0.1) is 0 Å². The highest BCUT2D eigenvalue weighted by molar-refractivity contribution is 5.76. The standard InChI is InChI=1S/C73H143NO5/c1-3-5-7-9-11-13-15-17-18-35-38-42-45-49-53-57-61-65-71(76)70(69-75)74-72(77)66-62-58-54-50-46-43-39-36-33-31-29-27-25-23-21-19-20-22-24-26-28-30-32-34-37-40-44-48-52-56-60-64-68-79-73(78)67-63-59-55-51-47-41-16-14-12-10-8-6-4-2/h22,24,70-71,75-76H,3-21,23,25-69H2,1-2H3,(H,74,77)/b24-22-. The van der Waals surface area contributed by atoms with Gasteiger partial charge in [0.15, 0.2) is 0 Å².